The average Bonchev–Trinajstić information content (AvgIpc) is 3.22. The Morgan fingerprint density at radius 1 is 1.29 bits per heavy atom. The lowest BCUT2D eigenvalue weighted by Crippen LogP contribution is -2.51. The van der Waals surface area contributed by atoms with Gasteiger partial charge in [0.1, 0.15) is 0 Å². The molecule has 0 radical (unpaired) electrons. The zero-order valence-electron chi connectivity index (χ0n) is 12.1. The number of amides is 1. The maximum Gasteiger partial charge on any atom is 0.325 e. The van der Waals surface area contributed by atoms with Gasteiger partial charge in [0, 0.05) is 13.1 Å². The highest BCUT2D eigenvalue weighted by molar-refractivity contribution is 7.93. The van der Waals surface area contributed by atoms with Crippen LogP contribution in [-0.4, -0.2) is 67.1 Å². The number of carbonyl (C=O) groups is 2. The third kappa shape index (κ3) is 3.55. The minimum Gasteiger partial charge on any atom is -0.480 e. The Morgan fingerprint density at radius 2 is 1.86 bits per heavy atom. The van der Waals surface area contributed by atoms with E-state index in [1.807, 2.05) is 0 Å². The number of rotatable bonds is 6. The molecule has 0 spiro atoms. The van der Waals surface area contributed by atoms with E-state index in [0.717, 1.165) is 19.8 Å². The molecule has 2 aliphatic rings. The fourth-order valence-corrected chi connectivity index (χ4v) is 4.24. The summed E-state index contributed by atoms with van der Waals surface area (Å²) >= 11 is 0. The van der Waals surface area contributed by atoms with Crippen LogP contribution in [0, 0.1) is 5.92 Å². The Bertz CT molecular complexity index is 521. The van der Waals surface area contributed by atoms with Crippen molar-refractivity contribution in [2.75, 3.05) is 32.1 Å². The van der Waals surface area contributed by atoms with Crippen molar-refractivity contribution < 1.29 is 27.9 Å². The van der Waals surface area contributed by atoms with E-state index in [4.69, 9.17) is 4.74 Å². The van der Waals surface area contributed by atoms with Crippen LogP contribution in [0.25, 0.3) is 0 Å². The van der Waals surface area contributed by atoms with Gasteiger partial charge in [-0.25, -0.2) is 8.42 Å². The Kier molecular flexibility index (Phi) is 4.57. The van der Waals surface area contributed by atoms with Crippen LogP contribution >= 0.6 is 0 Å². The minimum atomic E-state index is -3.87. The third-order valence-electron chi connectivity index (χ3n) is 4.14. The van der Waals surface area contributed by atoms with Crippen molar-refractivity contribution in [2.24, 2.45) is 5.92 Å². The minimum absolute atomic E-state index is 0.0483. The lowest BCUT2D eigenvalue weighted by atomic mass is 10.1. The van der Waals surface area contributed by atoms with E-state index in [2.05, 4.69) is 0 Å². The van der Waals surface area contributed by atoms with Crippen LogP contribution in [0.15, 0.2) is 0 Å². The van der Waals surface area contributed by atoms with Crippen LogP contribution in [0.4, 0.5) is 0 Å². The van der Waals surface area contributed by atoms with Crippen LogP contribution in [-0.2, 0) is 24.2 Å². The monoisotopic (exact) mass is 319 g/mol. The number of ether oxygens (including phenoxy) is 1. The van der Waals surface area contributed by atoms with E-state index in [1.54, 1.807) is 0 Å². The molecule has 1 atom stereocenters. The number of carboxylic acid groups (broad SMARTS) is 1. The highest BCUT2D eigenvalue weighted by atomic mass is 32.2. The topological polar surface area (TPSA) is 101 Å². The molecule has 120 valence electrons. The van der Waals surface area contributed by atoms with Crippen LogP contribution in [0.3, 0.4) is 0 Å². The summed E-state index contributed by atoms with van der Waals surface area (Å²) in [6, 6.07) is 0. The van der Waals surface area contributed by atoms with Crippen molar-refractivity contribution in [3.8, 4) is 0 Å². The van der Waals surface area contributed by atoms with Gasteiger partial charge in [0.05, 0.1) is 25.4 Å². The van der Waals surface area contributed by atoms with Gasteiger partial charge < -0.3 is 14.7 Å². The maximum absolute atomic E-state index is 12.4. The molecule has 7 nitrogen and oxygen atoms in total. The first kappa shape index (κ1) is 16.2. The van der Waals surface area contributed by atoms with Gasteiger partial charge in [0.25, 0.3) is 0 Å². The number of hydrogen-bond acceptors (Lipinski definition) is 5. The van der Waals surface area contributed by atoms with Crippen molar-refractivity contribution in [1.29, 1.82) is 0 Å². The molecule has 1 aliphatic heterocycles. The molecule has 2 rings (SSSR count). The lowest BCUT2D eigenvalue weighted by molar-refractivity contribution is -0.145. The first-order chi connectivity index (χ1) is 9.76. The number of morpholine rings is 1. The molecule has 1 saturated carbocycles. The van der Waals surface area contributed by atoms with E-state index >= 15 is 0 Å². The molecular formula is C13H21NO6S. The molecule has 0 aromatic carbocycles. The highest BCUT2D eigenvalue weighted by Crippen LogP contribution is 2.35. The van der Waals surface area contributed by atoms with E-state index < -0.39 is 32.9 Å². The average molecular weight is 319 g/mol. The largest absolute Gasteiger partial charge is 0.480 e. The van der Waals surface area contributed by atoms with E-state index in [0.29, 0.717) is 26.3 Å². The Balaban J connectivity index is 2.13. The zero-order chi connectivity index (χ0) is 15.7. The van der Waals surface area contributed by atoms with Crippen LogP contribution in [0.5, 0.6) is 0 Å². The highest BCUT2D eigenvalue weighted by Gasteiger charge is 2.50. The quantitative estimate of drug-likeness (QED) is 0.734. The lowest BCUT2D eigenvalue weighted by Gasteiger charge is -2.31. The molecule has 21 heavy (non-hydrogen) atoms. The molecule has 0 bridgehead atoms. The van der Waals surface area contributed by atoms with Crippen molar-refractivity contribution in [3.63, 3.8) is 0 Å². The SMILES string of the molecule is C[C@](CC(=O)N1CCOCC1)(C(=O)O)S(=O)(=O)CC1CC1. The summed E-state index contributed by atoms with van der Waals surface area (Å²) < 4.78 is 27.8. The molecule has 0 aromatic heterocycles. The second-order valence-corrected chi connectivity index (χ2v) is 8.39. The van der Waals surface area contributed by atoms with Gasteiger partial charge >= 0.3 is 5.97 Å². The van der Waals surface area contributed by atoms with Gasteiger partial charge in [0.2, 0.25) is 5.91 Å². The van der Waals surface area contributed by atoms with Gasteiger partial charge in [-0.2, -0.15) is 0 Å². The Morgan fingerprint density at radius 3 is 2.33 bits per heavy atom. The fourth-order valence-electron chi connectivity index (χ4n) is 2.31. The maximum atomic E-state index is 12.4. The van der Waals surface area contributed by atoms with Crippen LogP contribution < -0.4 is 0 Å². The first-order valence-corrected chi connectivity index (χ1v) is 8.73. The van der Waals surface area contributed by atoms with Gasteiger partial charge in [-0.05, 0) is 25.7 Å². The molecule has 8 heteroatoms. The van der Waals surface area contributed by atoms with Gasteiger partial charge in [0.15, 0.2) is 14.6 Å². The summed E-state index contributed by atoms with van der Waals surface area (Å²) in [4.78, 5) is 25.2. The van der Waals surface area contributed by atoms with Crippen molar-refractivity contribution >= 4 is 21.7 Å². The number of carbonyl (C=O) groups excluding carboxylic acids is 1. The number of aliphatic carboxylic acids is 1. The molecule has 1 aliphatic carbocycles. The third-order valence-corrected chi connectivity index (χ3v) is 6.75. The van der Waals surface area contributed by atoms with E-state index in [1.165, 1.54) is 4.90 Å². The molecule has 1 heterocycles. The predicted octanol–water partition coefficient (Wildman–Crippen LogP) is -0.0966. The normalized spacial score (nSPS) is 22.6. The summed E-state index contributed by atoms with van der Waals surface area (Å²) in [5.74, 6) is -1.99. The molecule has 2 fully saturated rings. The summed E-state index contributed by atoms with van der Waals surface area (Å²) in [6.45, 7) is 2.68. The van der Waals surface area contributed by atoms with Crippen molar-refractivity contribution in [2.45, 2.75) is 30.9 Å². The zero-order valence-corrected chi connectivity index (χ0v) is 12.9. The van der Waals surface area contributed by atoms with E-state index in [9.17, 15) is 23.1 Å². The van der Waals surface area contributed by atoms with Crippen molar-refractivity contribution in [3.05, 3.63) is 0 Å². The number of carboxylic acids is 1. The predicted molar refractivity (Wildman–Crippen MR) is 74.6 cm³/mol. The standard InChI is InChI=1S/C13H21NO6S/c1-13(12(16)17,21(18,19)9-10-2-3-10)8-11(15)14-4-6-20-7-5-14/h10H,2-9H2,1H3,(H,16,17)/t13-/m0/s1. The number of sulfone groups is 1. The molecule has 0 aromatic rings. The van der Waals surface area contributed by atoms with Gasteiger partial charge in [-0.3, -0.25) is 9.59 Å². The van der Waals surface area contributed by atoms with Crippen molar-refractivity contribution in [1.82, 2.24) is 4.90 Å². The van der Waals surface area contributed by atoms with Gasteiger partial charge in [-0.1, -0.05) is 0 Å². The summed E-state index contributed by atoms with van der Waals surface area (Å²) in [7, 11) is -3.87. The fraction of sp³-hybridized carbons (Fsp3) is 0.846. The van der Waals surface area contributed by atoms with Gasteiger partial charge in [-0.15, -0.1) is 0 Å². The summed E-state index contributed by atoms with van der Waals surface area (Å²) in [6.07, 6.45) is 1.11. The smallest absolute Gasteiger partial charge is 0.325 e. The Labute approximate surface area is 124 Å². The number of nitrogens with zero attached hydrogens (tertiary/aromatic N) is 1. The van der Waals surface area contributed by atoms with Crippen LogP contribution in [0.1, 0.15) is 26.2 Å². The van der Waals surface area contributed by atoms with E-state index in [-0.39, 0.29) is 11.7 Å². The number of hydrogen-bond donors (Lipinski definition) is 1. The molecule has 1 amide bonds. The molecule has 1 saturated heterocycles. The summed E-state index contributed by atoms with van der Waals surface area (Å²) in [5.41, 5.74) is 0. The second-order valence-electron chi connectivity index (χ2n) is 5.93. The molecular weight excluding hydrogens is 298 g/mol. The van der Waals surface area contributed by atoms with Crippen LogP contribution in [0.2, 0.25) is 0 Å². The second kappa shape index (κ2) is 5.92. The first-order valence-electron chi connectivity index (χ1n) is 7.07. The Hall–Kier alpha value is -1.15. The molecule has 1 N–H and O–H groups in total. The summed E-state index contributed by atoms with van der Waals surface area (Å²) in [5, 5.41) is 9.37. The molecule has 0 unspecified atom stereocenters.